The van der Waals surface area contributed by atoms with E-state index >= 15 is 0 Å². The minimum Gasteiger partial charge on any atom is -0.546 e. The molecular formula is C13H15O4-. The van der Waals surface area contributed by atoms with Gasteiger partial charge in [0.05, 0.1) is 5.97 Å². The van der Waals surface area contributed by atoms with Crippen molar-refractivity contribution in [2.75, 3.05) is 13.2 Å². The van der Waals surface area contributed by atoms with Crippen molar-refractivity contribution in [3.63, 3.8) is 0 Å². The number of fused-ring (bicyclic) bond motifs is 1. The number of aliphatic hydroxyl groups is 1. The first-order valence-electron chi connectivity index (χ1n) is 5.75. The summed E-state index contributed by atoms with van der Waals surface area (Å²) in [4.78, 5) is 10.4. The fraction of sp³-hybridized carbons (Fsp3) is 0.462. The third-order valence-electron chi connectivity index (χ3n) is 3.14. The quantitative estimate of drug-likeness (QED) is 0.792. The Bertz CT molecular complexity index is 414. The summed E-state index contributed by atoms with van der Waals surface area (Å²) in [6.07, 6.45) is 2.56. The second-order valence-electron chi connectivity index (χ2n) is 4.35. The Labute approximate surface area is 99.8 Å². The van der Waals surface area contributed by atoms with Gasteiger partial charge in [-0.05, 0) is 42.4 Å². The average Bonchev–Trinajstić information content (AvgIpc) is 2.35. The van der Waals surface area contributed by atoms with E-state index in [0.29, 0.717) is 11.7 Å². The molecular weight excluding hydrogens is 220 g/mol. The van der Waals surface area contributed by atoms with Gasteiger partial charge in [-0.3, -0.25) is 0 Å². The molecule has 4 heteroatoms. The lowest BCUT2D eigenvalue weighted by Gasteiger charge is -2.25. The Morgan fingerprint density at radius 2 is 2.35 bits per heavy atom. The third kappa shape index (κ3) is 2.77. The molecule has 0 amide bonds. The normalized spacial score (nSPS) is 18.5. The molecule has 0 saturated carbocycles. The van der Waals surface area contributed by atoms with Crippen LogP contribution < -0.4 is 9.84 Å². The van der Waals surface area contributed by atoms with Crippen LogP contribution >= 0.6 is 0 Å². The van der Waals surface area contributed by atoms with E-state index < -0.39 is 12.6 Å². The number of aliphatic hydroxyl groups excluding tert-OH is 1. The standard InChI is InChI=1S/C13H16O4/c14-7-9-4-5-11-10(6-9)2-1-3-12(11)17-8-13(15)16/h1-3,9,14H,4-8H2,(H,15,16)/p-1. The molecule has 0 fully saturated rings. The van der Waals surface area contributed by atoms with Crippen molar-refractivity contribution in [3.05, 3.63) is 29.3 Å². The number of carboxylic acids is 1. The molecule has 17 heavy (non-hydrogen) atoms. The number of ether oxygens (including phenoxy) is 1. The number of carboxylic acid groups (broad SMARTS) is 1. The molecule has 2 rings (SSSR count). The maximum atomic E-state index is 10.4. The number of hydrogen-bond acceptors (Lipinski definition) is 4. The molecule has 1 aliphatic carbocycles. The molecule has 1 atom stereocenters. The SMILES string of the molecule is O=C([O-])COc1cccc2c1CCC(CO)C2. The van der Waals surface area contributed by atoms with Crippen LogP contribution in [0.2, 0.25) is 0 Å². The lowest BCUT2D eigenvalue weighted by molar-refractivity contribution is -0.307. The van der Waals surface area contributed by atoms with Crippen molar-refractivity contribution in [1.82, 2.24) is 0 Å². The number of aliphatic carboxylic acids is 1. The van der Waals surface area contributed by atoms with Crippen molar-refractivity contribution in [2.24, 2.45) is 5.92 Å². The maximum Gasteiger partial charge on any atom is 0.128 e. The zero-order valence-corrected chi connectivity index (χ0v) is 9.52. The second-order valence-corrected chi connectivity index (χ2v) is 4.35. The van der Waals surface area contributed by atoms with Gasteiger partial charge in [-0.2, -0.15) is 0 Å². The maximum absolute atomic E-state index is 10.4. The van der Waals surface area contributed by atoms with E-state index in [1.807, 2.05) is 12.1 Å². The Kier molecular flexibility index (Phi) is 3.64. The number of carbonyl (C=O) groups is 1. The predicted octanol–water partition coefficient (Wildman–Crippen LogP) is -0.0875. The zero-order valence-electron chi connectivity index (χ0n) is 9.52. The highest BCUT2D eigenvalue weighted by molar-refractivity contribution is 5.66. The molecule has 0 aliphatic heterocycles. The molecule has 92 valence electrons. The van der Waals surface area contributed by atoms with Crippen molar-refractivity contribution in [3.8, 4) is 5.75 Å². The molecule has 4 nitrogen and oxygen atoms in total. The van der Waals surface area contributed by atoms with E-state index in [-0.39, 0.29) is 6.61 Å². The van der Waals surface area contributed by atoms with Crippen LogP contribution in [0.1, 0.15) is 17.5 Å². The highest BCUT2D eigenvalue weighted by Gasteiger charge is 2.20. The Hall–Kier alpha value is -1.55. The van der Waals surface area contributed by atoms with Gasteiger partial charge in [-0.15, -0.1) is 0 Å². The van der Waals surface area contributed by atoms with Gasteiger partial charge in [0.2, 0.25) is 0 Å². The van der Waals surface area contributed by atoms with E-state index in [9.17, 15) is 9.90 Å². The van der Waals surface area contributed by atoms with Crippen LogP contribution in [0.4, 0.5) is 0 Å². The van der Waals surface area contributed by atoms with Gasteiger partial charge < -0.3 is 19.7 Å². The van der Waals surface area contributed by atoms with Crippen molar-refractivity contribution in [2.45, 2.75) is 19.3 Å². The predicted molar refractivity (Wildman–Crippen MR) is 59.5 cm³/mol. The zero-order chi connectivity index (χ0) is 12.3. The van der Waals surface area contributed by atoms with Crippen LogP contribution in [0.25, 0.3) is 0 Å². The molecule has 0 aromatic heterocycles. The fourth-order valence-electron chi connectivity index (χ4n) is 2.28. The fourth-order valence-corrected chi connectivity index (χ4v) is 2.28. The monoisotopic (exact) mass is 235 g/mol. The molecule has 0 saturated heterocycles. The van der Waals surface area contributed by atoms with E-state index in [1.165, 1.54) is 0 Å². The van der Waals surface area contributed by atoms with Crippen LogP contribution in [0, 0.1) is 5.92 Å². The third-order valence-corrected chi connectivity index (χ3v) is 3.14. The first kappa shape index (κ1) is 11.9. The van der Waals surface area contributed by atoms with Gasteiger partial charge in [-0.25, -0.2) is 0 Å². The van der Waals surface area contributed by atoms with Gasteiger partial charge in [-0.1, -0.05) is 12.1 Å². The van der Waals surface area contributed by atoms with Gasteiger partial charge in [0, 0.05) is 6.61 Å². The van der Waals surface area contributed by atoms with Gasteiger partial charge >= 0.3 is 0 Å². The highest BCUT2D eigenvalue weighted by Crippen LogP contribution is 2.31. The summed E-state index contributed by atoms with van der Waals surface area (Å²) in [5.74, 6) is -0.284. The average molecular weight is 235 g/mol. The molecule has 0 radical (unpaired) electrons. The molecule has 1 aromatic rings. The van der Waals surface area contributed by atoms with Crippen molar-refractivity contribution >= 4 is 5.97 Å². The van der Waals surface area contributed by atoms with Crippen LogP contribution in [0.5, 0.6) is 5.75 Å². The number of benzene rings is 1. The summed E-state index contributed by atoms with van der Waals surface area (Å²) in [6.45, 7) is -0.219. The largest absolute Gasteiger partial charge is 0.546 e. The molecule has 0 heterocycles. The Morgan fingerprint density at radius 3 is 3.06 bits per heavy atom. The summed E-state index contributed by atoms with van der Waals surface area (Å²) in [5, 5.41) is 19.5. The van der Waals surface area contributed by atoms with Crippen LogP contribution in [0.15, 0.2) is 18.2 Å². The summed E-state index contributed by atoms with van der Waals surface area (Å²) in [7, 11) is 0. The van der Waals surface area contributed by atoms with E-state index in [0.717, 1.165) is 30.4 Å². The van der Waals surface area contributed by atoms with Gasteiger partial charge in [0.15, 0.2) is 0 Å². The van der Waals surface area contributed by atoms with Crippen LogP contribution in [-0.2, 0) is 17.6 Å². The summed E-state index contributed by atoms with van der Waals surface area (Å²) >= 11 is 0. The highest BCUT2D eigenvalue weighted by atomic mass is 16.5. The van der Waals surface area contributed by atoms with E-state index in [1.54, 1.807) is 6.07 Å². The molecule has 0 bridgehead atoms. The first-order valence-corrected chi connectivity index (χ1v) is 5.75. The van der Waals surface area contributed by atoms with Gasteiger partial charge in [0.25, 0.3) is 0 Å². The molecule has 1 unspecified atom stereocenters. The molecule has 1 aromatic carbocycles. The summed E-state index contributed by atoms with van der Waals surface area (Å²) in [5.41, 5.74) is 2.21. The summed E-state index contributed by atoms with van der Waals surface area (Å²) < 4.78 is 5.21. The van der Waals surface area contributed by atoms with Crippen molar-refractivity contribution in [1.29, 1.82) is 0 Å². The minimum absolute atomic E-state index is 0.198. The van der Waals surface area contributed by atoms with Crippen LogP contribution in [0.3, 0.4) is 0 Å². The lowest BCUT2D eigenvalue weighted by atomic mass is 9.84. The van der Waals surface area contributed by atoms with Crippen LogP contribution in [-0.4, -0.2) is 24.3 Å². The van der Waals surface area contributed by atoms with Crippen molar-refractivity contribution < 1.29 is 19.7 Å². The molecule has 0 spiro atoms. The topological polar surface area (TPSA) is 69.6 Å². The van der Waals surface area contributed by atoms with Gasteiger partial charge in [0.1, 0.15) is 12.4 Å². The molecule has 1 aliphatic rings. The van der Waals surface area contributed by atoms with E-state index in [2.05, 4.69) is 0 Å². The lowest BCUT2D eigenvalue weighted by Crippen LogP contribution is -2.29. The smallest absolute Gasteiger partial charge is 0.128 e. The Morgan fingerprint density at radius 1 is 1.53 bits per heavy atom. The first-order chi connectivity index (χ1) is 8.20. The summed E-state index contributed by atoms with van der Waals surface area (Å²) in [6, 6.07) is 5.63. The minimum atomic E-state index is -1.22. The number of rotatable bonds is 4. The molecule has 1 N–H and O–H groups in total. The Balaban J connectivity index is 2.16. The van der Waals surface area contributed by atoms with E-state index in [4.69, 9.17) is 9.84 Å². The number of carbonyl (C=O) groups excluding carboxylic acids is 1. The number of hydrogen-bond donors (Lipinski definition) is 1. The second kappa shape index (κ2) is 5.19.